The normalized spacial score (nSPS) is 16.7. The van der Waals surface area contributed by atoms with Crippen LogP contribution in [0.4, 0.5) is 0 Å². The van der Waals surface area contributed by atoms with E-state index < -0.39 is 20.6 Å². The van der Waals surface area contributed by atoms with Gasteiger partial charge in [0.2, 0.25) is 11.8 Å². The first kappa shape index (κ1) is 29.0. The highest BCUT2D eigenvalue weighted by molar-refractivity contribution is 7.91. The van der Waals surface area contributed by atoms with E-state index in [1.165, 1.54) is 0 Å². The molecule has 1 aliphatic rings. The minimum atomic E-state index is -3.73. The molecule has 208 valence electrons. The highest BCUT2D eigenvalue weighted by Gasteiger charge is 2.42. The molecule has 0 aliphatic carbocycles. The predicted molar refractivity (Wildman–Crippen MR) is 155 cm³/mol. The average Bonchev–Trinajstić information content (AvgIpc) is 3.47. The fourth-order valence-corrected chi connectivity index (χ4v) is 6.72. The van der Waals surface area contributed by atoms with Crippen LogP contribution in [0.1, 0.15) is 61.3 Å². The zero-order valence-electron chi connectivity index (χ0n) is 22.7. The molecule has 40 heavy (non-hydrogen) atoms. The lowest BCUT2D eigenvalue weighted by Crippen LogP contribution is -2.47. The van der Waals surface area contributed by atoms with Crippen LogP contribution in [-0.2, 0) is 24.2 Å². The molecule has 3 aromatic rings. The van der Waals surface area contributed by atoms with Crippen molar-refractivity contribution in [3.05, 3.63) is 108 Å². The Bertz CT molecular complexity index is 1400. The van der Waals surface area contributed by atoms with E-state index >= 15 is 0 Å². The highest BCUT2D eigenvalue weighted by atomic mass is 32.2. The van der Waals surface area contributed by atoms with Gasteiger partial charge in [0.05, 0.1) is 12.1 Å². The fraction of sp³-hybridized carbons (Fsp3) is 0.344. The number of nitriles is 1. The summed E-state index contributed by atoms with van der Waals surface area (Å²) >= 11 is 0. The van der Waals surface area contributed by atoms with Crippen LogP contribution >= 0.6 is 0 Å². The molecule has 8 heteroatoms. The molecule has 2 amide bonds. The van der Waals surface area contributed by atoms with E-state index in [1.807, 2.05) is 66.7 Å². The lowest BCUT2D eigenvalue weighted by molar-refractivity contribution is -0.138. The number of sulfone groups is 1. The minimum Gasteiger partial charge on any atom is -0.343 e. The third-order valence-electron chi connectivity index (χ3n) is 7.65. The van der Waals surface area contributed by atoms with Crippen LogP contribution in [0.25, 0.3) is 0 Å². The van der Waals surface area contributed by atoms with Crippen molar-refractivity contribution in [3.8, 4) is 6.07 Å². The lowest BCUT2D eigenvalue weighted by Gasteiger charge is -2.28. The second-order valence-corrected chi connectivity index (χ2v) is 12.5. The SMILES string of the molecule is CS(=O)(=O)C(C#N)(CCCCC(=O)N1CCC[C@@H]1C(=O)NC(c1ccccc1)c1ccccc1)c1ccccc1. The summed E-state index contributed by atoms with van der Waals surface area (Å²) in [7, 11) is -3.73. The maximum Gasteiger partial charge on any atom is 0.243 e. The topological polar surface area (TPSA) is 107 Å². The van der Waals surface area contributed by atoms with Crippen molar-refractivity contribution in [1.29, 1.82) is 5.26 Å². The third-order valence-corrected chi connectivity index (χ3v) is 9.45. The summed E-state index contributed by atoms with van der Waals surface area (Å²) in [6.45, 7) is 0.508. The summed E-state index contributed by atoms with van der Waals surface area (Å²) in [6.07, 6.45) is 3.50. The minimum absolute atomic E-state index is 0.0966. The molecule has 3 aromatic carbocycles. The van der Waals surface area contributed by atoms with Crippen LogP contribution in [0.2, 0.25) is 0 Å². The molecular weight excluding hydrogens is 522 g/mol. The van der Waals surface area contributed by atoms with E-state index in [1.54, 1.807) is 35.2 Å². The first-order valence-corrected chi connectivity index (χ1v) is 15.5. The lowest BCUT2D eigenvalue weighted by atomic mass is 9.93. The van der Waals surface area contributed by atoms with Crippen molar-refractivity contribution >= 4 is 21.7 Å². The van der Waals surface area contributed by atoms with E-state index in [0.29, 0.717) is 31.4 Å². The number of unbranched alkanes of at least 4 members (excludes halogenated alkanes) is 1. The van der Waals surface area contributed by atoms with Crippen LogP contribution in [0, 0.1) is 11.3 Å². The van der Waals surface area contributed by atoms with Gasteiger partial charge in [-0.3, -0.25) is 9.59 Å². The van der Waals surface area contributed by atoms with E-state index in [0.717, 1.165) is 23.8 Å². The van der Waals surface area contributed by atoms with Gasteiger partial charge in [0, 0.05) is 19.2 Å². The molecule has 1 fully saturated rings. The van der Waals surface area contributed by atoms with Crippen molar-refractivity contribution in [2.75, 3.05) is 12.8 Å². The molecule has 1 unspecified atom stereocenters. The monoisotopic (exact) mass is 557 g/mol. The van der Waals surface area contributed by atoms with Crippen LogP contribution < -0.4 is 5.32 Å². The van der Waals surface area contributed by atoms with Gasteiger partial charge in [0.15, 0.2) is 14.6 Å². The number of likely N-dealkylation sites (tertiary alicyclic amines) is 1. The third kappa shape index (κ3) is 6.43. The summed E-state index contributed by atoms with van der Waals surface area (Å²) in [4.78, 5) is 28.3. The van der Waals surface area contributed by atoms with Gasteiger partial charge in [-0.25, -0.2) is 8.42 Å². The number of hydrogen-bond acceptors (Lipinski definition) is 5. The van der Waals surface area contributed by atoms with Crippen molar-refractivity contribution in [3.63, 3.8) is 0 Å². The second kappa shape index (κ2) is 12.9. The van der Waals surface area contributed by atoms with Crippen molar-refractivity contribution in [2.24, 2.45) is 0 Å². The maximum absolute atomic E-state index is 13.5. The van der Waals surface area contributed by atoms with Gasteiger partial charge in [-0.05, 0) is 48.8 Å². The number of amides is 2. The average molecular weight is 558 g/mol. The molecule has 0 radical (unpaired) electrons. The zero-order chi connectivity index (χ0) is 28.6. The van der Waals surface area contributed by atoms with Crippen LogP contribution in [0.3, 0.4) is 0 Å². The Hall–Kier alpha value is -3.96. The highest BCUT2D eigenvalue weighted by Crippen LogP contribution is 2.35. The molecule has 1 N–H and O–H groups in total. The number of rotatable bonds is 11. The molecule has 0 saturated carbocycles. The number of nitrogens with zero attached hydrogens (tertiary/aromatic N) is 2. The molecule has 1 saturated heterocycles. The van der Waals surface area contributed by atoms with Crippen LogP contribution in [-0.4, -0.2) is 44.0 Å². The molecule has 1 aliphatic heterocycles. The number of nitrogens with one attached hydrogen (secondary N) is 1. The number of carbonyl (C=O) groups excluding carboxylic acids is 2. The molecule has 0 spiro atoms. The summed E-state index contributed by atoms with van der Waals surface area (Å²) in [5.74, 6) is -0.316. The maximum atomic E-state index is 13.5. The molecule has 0 aromatic heterocycles. The summed E-state index contributed by atoms with van der Waals surface area (Å²) in [6, 6.07) is 29.2. The van der Waals surface area contributed by atoms with Gasteiger partial charge in [-0.2, -0.15) is 5.26 Å². The predicted octanol–water partition coefficient (Wildman–Crippen LogP) is 4.91. The Morgan fingerprint density at radius 2 is 1.50 bits per heavy atom. The Morgan fingerprint density at radius 1 is 0.950 bits per heavy atom. The fourth-order valence-electron chi connectivity index (χ4n) is 5.47. The number of hydrogen-bond donors (Lipinski definition) is 1. The number of benzene rings is 3. The summed E-state index contributed by atoms with van der Waals surface area (Å²) < 4.78 is 23.7. The molecule has 2 atom stereocenters. The first-order chi connectivity index (χ1) is 19.3. The van der Waals surface area contributed by atoms with Crippen molar-refractivity contribution < 1.29 is 18.0 Å². The standard InChI is InChI=1S/C32H35N3O4S/c1-40(38,39)32(24-33,27-18-9-4-10-19-27)22-12-11-21-29(36)35-23-13-20-28(35)31(37)34-30(25-14-5-2-6-15-25)26-16-7-3-8-17-26/h2-10,14-19,28,30H,11-13,20-23H2,1H3,(H,34,37)/t28-,32?/m1/s1. The van der Waals surface area contributed by atoms with Gasteiger partial charge < -0.3 is 10.2 Å². The van der Waals surface area contributed by atoms with Crippen molar-refractivity contribution in [1.82, 2.24) is 10.2 Å². The van der Waals surface area contributed by atoms with E-state index in [9.17, 15) is 23.3 Å². The van der Waals surface area contributed by atoms with E-state index in [4.69, 9.17) is 0 Å². The molecule has 0 bridgehead atoms. The van der Waals surface area contributed by atoms with Gasteiger partial charge in [0.25, 0.3) is 0 Å². The van der Waals surface area contributed by atoms with Crippen molar-refractivity contribution in [2.45, 2.75) is 55.4 Å². The summed E-state index contributed by atoms with van der Waals surface area (Å²) in [5.41, 5.74) is 2.36. The Kier molecular flexibility index (Phi) is 9.38. The Labute approximate surface area is 236 Å². The zero-order valence-corrected chi connectivity index (χ0v) is 23.5. The van der Waals surface area contributed by atoms with Gasteiger partial charge in [-0.15, -0.1) is 0 Å². The van der Waals surface area contributed by atoms with Crippen LogP contribution in [0.15, 0.2) is 91.0 Å². The second-order valence-electron chi connectivity index (χ2n) is 10.3. The van der Waals surface area contributed by atoms with E-state index in [2.05, 4.69) is 5.32 Å². The molecular formula is C32H35N3O4S. The van der Waals surface area contributed by atoms with Gasteiger partial charge in [-0.1, -0.05) is 91.0 Å². The number of carbonyl (C=O) groups is 2. The summed E-state index contributed by atoms with van der Waals surface area (Å²) in [5, 5.41) is 13.1. The largest absolute Gasteiger partial charge is 0.343 e. The quantitative estimate of drug-likeness (QED) is 0.337. The Balaban J connectivity index is 1.40. The van der Waals surface area contributed by atoms with Gasteiger partial charge in [0.1, 0.15) is 6.04 Å². The Morgan fingerprint density at radius 3 is 2.02 bits per heavy atom. The molecule has 7 nitrogen and oxygen atoms in total. The van der Waals surface area contributed by atoms with Gasteiger partial charge >= 0.3 is 0 Å². The first-order valence-electron chi connectivity index (χ1n) is 13.6. The molecule has 1 heterocycles. The van der Waals surface area contributed by atoms with E-state index in [-0.39, 0.29) is 30.7 Å². The smallest absolute Gasteiger partial charge is 0.243 e. The molecule has 4 rings (SSSR count). The van der Waals surface area contributed by atoms with Crippen LogP contribution in [0.5, 0.6) is 0 Å².